The first-order chi connectivity index (χ1) is 8.79. The Labute approximate surface area is 116 Å². The number of rotatable bonds is 6. The number of nitrogens with one attached hydrogen (secondary N) is 2. The molecular weight excluding hydrogens is 268 g/mol. The molecule has 0 saturated heterocycles. The molecule has 6 heteroatoms. The van der Waals surface area contributed by atoms with Gasteiger partial charge < -0.3 is 10.3 Å². The summed E-state index contributed by atoms with van der Waals surface area (Å²) in [7, 11) is 0. The zero-order valence-corrected chi connectivity index (χ0v) is 11.7. The van der Waals surface area contributed by atoms with Gasteiger partial charge in [0.2, 0.25) is 0 Å². The van der Waals surface area contributed by atoms with E-state index in [-0.39, 0.29) is 0 Å². The van der Waals surface area contributed by atoms with Gasteiger partial charge in [0.1, 0.15) is 5.82 Å². The maximum atomic E-state index is 6.14. The number of H-pyrrole nitrogens is 1. The number of aromatic nitrogens is 3. The van der Waals surface area contributed by atoms with Crippen molar-refractivity contribution in [3.05, 3.63) is 35.2 Å². The molecule has 2 aromatic rings. The van der Waals surface area contributed by atoms with Crippen LogP contribution in [0.15, 0.2) is 29.7 Å². The first-order valence-electron chi connectivity index (χ1n) is 5.81. The summed E-state index contributed by atoms with van der Waals surface area (Å²) >= 11 is 7.72. The second kappa shape index (κ2) is 6.66. The SMILES string of the molecule is CCCNc1ccc(Cl)c(CSc2ncc[nH]2)n1. The van der Waals surface area contributed by atoms with Crippen molar-refractivity contribution in [1.82, 2.24) is 15.0 Å². The van der Waals surface area contributed by atoms with Crippen LogP contribution in [0.1, 0.15) is 19.0 Å². The molecular formula is C12H15ClN4S. The topological polar surface area (TPSA) is 53.6 Å². The van der Waals surface area contributed by atoms with Gasteiger partial charge >= 0.3 is 0 Å². The van der Waals surface area contributed by atoms with Crippen LogP contribution < -0.4 is 5.32 Å². The van der Waals surface area contributed by atoms with Crippen molar-refractivity contribution in [2.45, 2.75) is 24.3 Å². The molecule has 2 N–H and O–H groups in total. The van der Waals surface area contributed by atoms with Crippen molar-refractivity contribution in [2.75, 3.05) is 11.9 Å². The van der Waals surface area contributed by atoms with E-state index in [2.05, 4.69) is 27.2 Å². The summed E-state index contributed by atoms with van der Waals surface area (Å²) < 4.78 is 0. The lowest BCUT2D eigenvalue weighted by molar-refractivity contribution is 0.964. The van der Waals surface area contributed by atoms with E-state index in [1.807, 2.05) is 12.1 Å². The van der Waals surface area contributed by atoms with Crippen LogP contribution in [0.5, 0.6) is 0 Å². The van der Waals surface area contributed by atoms with Crippen LogP contribution in [-0.2, 0) is 5.75 Å². The first kappa shape index (κ1) is 13.2. The lowest BCUT2D eigenvalue weighted by Crippen LogP contribution is -2.03. The Hall–Kier alpha value is -1.20. The lowest BCUT2D eigenvalue weighted by atomic mass is 10.3. The highest BCUT2D eigenvalue weighted by atomic mass is 35.5. The lowest BCUT2D eigenvalue weighted by Gasteiger charge is -2.07. The minimum absolute atomic E-state index is 0.691. The predicted octanol–water partition coefficient (Wildman–Crippen LogP) is 3.57. The second-order valence-corrected chi connectivity index (χ2v) is 5.11. The van der Waals surface area contributed by atoms with Crippen LogP contribution >= 0.6 is 23.4 Å². The maximum Gasteiger partial charge on any atom is 0.165 e. The van der Waals surface area contributed by atoms with Gasteiger partial charge in [-0.2, -0.15) is 0 Å². The molecule has 0 radical (unpaired) electrons. The number of hydrogen-bond donors (Lipinski definition) is 2. The van der Waals surface area contributed by atoms with E-state index in [9.17, 15) is 0 Å². The van der Waals surface area contributed by atoms with Gasteiger partial charge in [-0.1, -0.05) is 30.3 Å². The molecule has 0 aromatic carbocycles. The fraction of sp³-hybridized carbons (Fsp3) is 0.333. The Balaban J connectivity index is 2.01. The van der Waals surface area contributed by atoms with Crippen molar-refractivity contribution < 1.29 is 0 Å². The monoisotopic (exact) mass is 282 g/mol. The molecule has 18 heavy (non-hydrogen) atoms. The summed E-state index contributed by atoms with van der Waals surface area (Å²) in [6.07, 6.45) is 4.61. The third-order valence-electron chi connectivity index (χ3n) is 2.29. The molecule has 0 spiro atoms. The quantitative estimate of drug-likeness (QED) is 0.795. The standard InChI is InChI=1S/C12H15ClN4S/c1-2-5-14-11-4-3-9(13)10(17-11)8-18-12-15-6-7-16-12/h3-4,6-7H,2,5,8H2,1H3,(H,14,17)(H,15,16). The molecule has 2 heterocycles. The molecule has 0 amide bonds. The zero-order valence-electron chi connectivity index (χ0n) is 10.1. The van der Waals surface area contributed by atoms with Gasteiger partial charge in [-0.05, 0) is 18.6 Å². The van der Waals surface area contributed by atoms with E-state index < -0.39 is 0 Å². The Morgan fingerprint density at radius 3 is 3.06 bits per heavy atom. The Morgan fingerprint density at radius 2 is 2.33 bits per heavy atom. The highest BCUT2D eigenvalue weighted by Gasteiger charge is 2.06. The molecule has 4 nitrogen and oxygen atoms in total. The smallest absolute Gasteiger partial charge is 0.165 e. The van der Waals surface area contributed by atoms with E-state index in [4.69, 9.17) is 11.6 Å². The average molecular weight is 283 g/mol. The molecule has 0 aliphatic carbocycles. The van der Waals surface area contributed by atoms with Crippen LogP contribution in [-0.4, -0.2) is 21.5 Å². The fourth-order valence-electron chi connectivity index (χ4n) is 1.40. The number of thioether (sulfide) groups is 1. The van der Waals surface area contributed by atoms with E-state index in [1.165, 1.54) is 0 Å². The highest BCUT2D eigenvalue weighted by molar-refractivity contribution is 7.98. The molecule has 2 rings (SSSR count). The molecule has 0 unspecified atom stereocenters. The summed E-state index contributed by atoms with van der Waals surface area (Å²) in [6, 6.07) is 3.78. The van der Waals surface area contributed by atoms with Gasteiger partial charge in [0.05, 0.1) is 10.7 Å². The summed E-state index contributed by atoms with van der Waals surface area (Å²) in [5, 5.41) is 4.82. The van der Waals surface area contributed by atoms with Crippen molar-refractivity contribution in [2.24, 2.45) is 0 Å². The van der Waals surface area contributed by atoms with Crippen molar-refractivity contribution >= 4 is 29.2 Å². The summed E-state index contributed by atoms with van der Waals surface area (Å²) in [5.74, 6) is 1.57. The highest BCUT2D eigenvalue weighted by Crippen LogP contribution is 2.24. The third-order valence-corrected chi connectivity index (χ3v) is 3.55. The van der Waals surface area contributed by atoms with Gasteiger partial charge in [0.25, 0.3) is 0 Å². The van der Waals surface area contributed by atoms with Crippen molar-refractivity contribution in [3.63, 3.8) is 0 Å². The Bertz CT molecular complexity index is 487. The van der Waals surface area contributed by atoms with Crippen LogP contribution in [0.4, 0.5) is 5.82 Å². The van der Waals surface area contributed by atoms with E-state index in [0.717, 1.165) is 29.6 Å². The molecule has 0 atom stereocenters. The number of aromatic amines is 1. The average Bonchev–Trinajstić information content (AvgIpc) is 2.89. The molecule has 0 aliphatic rings. The van der Waals surface area contributed by atoms with E-state index in [1.54, 1.807) is 24.2 Å². The van der Waals surface area contributed by atoms with Gasteiger partial charge in [-0.3, -0.25) is 0 Å². The Morgan fingerprint density at radius 1 is 1.44 bits per heavy atom. The van der Waals surface area contributed by atoms with Crippen LogP contribution in [0.2, 0.25) is 5.02 Å². The minimum atomic E-state index is 0.691. The number of pyridine rings is 1. The fourth-order valence-corrected chi connectivity index (χ4v) is 2.44. The third kappa shape index (κ3) is 3.65. The molecule has 0 bridgehead atoms. The van der Waals surface area contributed by atoms with E-state index >= 15 is 0 Å². The minimum Gasteiger partial charge on any atom is -0.370 e. The van der Waals surface area contributed by atoms with Crippen molar-refractivity contribution in [3.8, 4) is 0 Å². The second-order valence-electron chi connectivity index (χ2n) is 3.73. The first-order valence-corrected chi connectivity index (χ1v) is 7.17. The molecule has 0 saturated carbocycles. The molecule has 0 fully saturated rings. The number of nitrogens with zero attached hydrogens (tertiary/aromatic N) is 2. The predicted molar refractivity (Wildman–Crippen MR) is 76.2 cm³/mol. The van der Waals surface area contributed by atoms with Crippen LogP contribution in [0.3, 0.4) is 0 Å². The van der Waals surface area contributed by atoms with E-state index in [0.29, 0.717) is 10.8 Å². The number of halogens is 1. The van der Waals surface area contributed by atoms with Gasteiger partial charge in [-0.15, -0.1) is 0 Å². The van der Waals surface area contributed by atoms with Gasteiger partial charge in [0.15, 0.2) is 5.16 Å². The van der Waals surface area contributed by atoms with Gasteiger partial charge in [-0.25, -0.2) is 9.97 Å². The number of imidazole rings is 1. The number of hydrogen-bond acceptors (Lipinski definition) is 4. The van der Waals surface area contributed by atoms with Gasteiger partial charge in [0, 0.05) is 24.7 Å². The summed E-state index contributed by atoms with van der Waals surface area (Å²) in [4.78, 5) is 11.7. The van der Waals surface area contributed by atoms with Crippen molar-refractivity contribution in [1.29, 1.82) is 0 Å². The van der Waals surface area contributed by atoms with Crippen LogP contribution in [0.25, 0.3) is 0 Å². The molecule has 96 valence electrons. The summed E-state index contributed by atoms with van der Waals surface area (Å²) in [6.45, 7) is 3.04. The zero-order chi connectivity index (χ0) is 12.8. The molecule has 0 aliphatic heterocycles. The summed E-state index contributed by atoms with van der Waals surface area (Å²) in [5.41, 5.74) is 0.874. The van der Waals surface area contributed by atoms with Crippen LogP contribution in [0, 0.1) is 0 Å². The number of anilines is 1. The largest absolute Gasteiger partial charge is 0.370 e. The Kier molecular flexibility index (Phi) is 4.90. The molecule has 2 aromatic heterocycles. The normalized spacial score (nSPS) is 10.6. The maximum absolute atomic E-state index is 6.14.